The van der Waals surface area contributed by atoms with Crippen LogP contribution in [0.1, 0.15) is 10.4 Å². The van der Waals surface area contributed by atoms with Crippen molar-refractivity contribution >= 4 is 51.0 Å². The number of thiazole rings is 1. The van der Waals surface area contributed by atoms with Gasteiger partial charge in [-0.25, -0.2) is 14.8 Å². The average Bonchev–Trinajstić information content (AvgIpc) is 3.54. The zero-order valence-corrected chi connectivity index (χ0v) is 20.5. The first kappa shape index (κ1) is 23.5. The van der Waals surface area contributed by atoms with Crippen LogP contribution in [-0.2, 0) is 9.53 Å². The van der Waals surface area contributed by atoms with Gasteiger partial charge in [-0.3, -0.25) is 10.1 Å². The first-order valence-electron chi connectivity index (χ1n) is 10.8. The van der Waals surface area contributed by atoms with Gasteiger partial charge < -0.3 is 14.5 Å². The predicted octanol–water partition coefficient (Wildman–Crippen LogP) is 5.81. The maximum absolute atomic E-state index is 12.5. The fourth-order valence-corrected chi connectivity index (χ4v) is 4.34. The first-order chi connectivity index (χ1) is 17.5. The number of esters is 1. The molecule has 5 aromatic rings. The van der Waals surface area contributed by atoms with Gasteiger partial charge in [0.25, 0.3) is 5.91 Å². The van der Waals surface area contributed by atoms with Crippen LogP contribution in [0.15, 0.2) is 72.1 Å². The molecule has 3 aromatic carbocycles. The number of amides is 1. The number of anilines is 1. The lowest BCUT2D eigenvalue weighted by atomic mass is 10.2. The van der Waals surface area contributed by atoms with Crippen LogP contribution in [-0.4, -0.2) is 40.5 Å². The topological polar surface area (TPSA) is 106 Å². The highest BCUT2D eigenvalue weighted by Crippen LogP contribution is 2.26. The number of nitrogens with one attached hydrogen (secondary N) is 2. The summed E-state index contributed by atoms with van der Waals surface area (Å²) in [6.07, 6.45) is 0. The molecule has 0 saturated carbocycles. The number of nitrogens with zero attached hydrogens (tertiary/aromatic N) is 2. The number of rotatable bonds is 7. The molecule has 0 radical (unpaired) electrons. The summed E-state index contributed by atoms with van der Waals surface area (Å²) in [5.74, 6) is 0.318. The smallest absolute Gasteiger partial charge is 0.338 e. The minimum atomic E-state index is -0.617. The van der Waals surface area contributed by atoms with Gasteiger partial charge in [0.05, 0.1) is 29.4 Å². The largest absolute Gasteiger partial charge is 0.497 e. The number of fused-ring (bicyclic) bond motifs is 1. The molecule has 1 amide bonds. The lowest BCUT2D eigenvalue weighted by Gasteiger charge is -2.05. The maximum Gasteiger partial charge on any atom is 0.338 e. The van der Waals surface area contributed by atoms with Gasteiger partial charge in [0.1, 0.15) is 11.6 Å². The van der Waals surface area contributed by atoms with E-state index in [0.29, 0.717) is 38.3 Å². The van der Waals surface area contributed by atoms with Gasteiger partial charge in [0.2, 0.25) is 0 Å². The third-order valence-electron chi connectivity index (χ3n) is 5.31. The van der Waals surface area contributed by atoms with E-state index in [1.807, 2.05) is 41.8 Å². The molecule has 2 aromatic heterocycles. The van der Waals surface area contributed by atoms with Crippen molar-refractivity contribution in [1.82, 2.24) is 15.0 Å². The van der Waals surface area contributed by atoms with Crippen LogP contribution in [0, 0.1) is 0 Å². The van der Waals surface area contributed by atoms with Crippen molar-refractivity contribution in [3.8, 4) is 28.4 Å². The maximum atomic E-state index is 12.5. The molecule has 0 unspecified atom stereocenters. The summed E-state index contributed by atoms with van der Waals surface area (Å²) < 4.78 is 10.4. The SMILES string of the molecule is COc1ccc(-c2nc3ccc(C(=O)OCC(=O)Nc4nc(-c5ccc(Cl)cc5)cs4)cc3[nH]2)cc1. The highest BCUT2D eigenvalue weighted by molar-refractivity contribution is 7.14. The Kier molecular flexibility index (Phi) is 6.66. The van der Waals surface area contributed by atoms with E-state index in [1.54, 1.807) is 37.4 Å². The number of hydrogen-bond donors (Lipinski definition) is 2. The number of H-pyrrole nitrogens is 1. The van der Waals surface area contributed by atoms with Crippen LogP contribution in [0.2, 0.25) is 5.02 Å². The van der Waals surface area contributed by atoms with Gasteiger partial charge in [-0.2, -0.15) is 0 Å². The van der Waals surface area contributed by atoms with Crippen molar-refractivity contribution in [3.63, 3.8) is 0 Å². The molecule has 2 N–H and O–H groups in total. The predicted molar refractivity (Wildman–Crippen MR) is 140 cm³/mol. The molecule has 0 saturated heterocycles. The average molecular weight is 519 g/mol. The Balaban J connectivity index is 1.20. The van der Waals surface area contributed by atoms with Crippen LogP contribution in [0.3, 0.4) is 0 Å². The Labute approximate surface area is 214 Å². The fraction of sp³-hybridized carbons (Fsp3) is 0.0769. The van der Waals surface area contributed by atoms with Crippen LogP contribution in [0.25, 0.3) is 33.7 Å². The van der Waals surface area contributed by atoms with Crippen LogP contribution in [0.4, 0.5) is 5.13 Å². The fourth-order valence-electron chi connectivity index (χ4n) is 3.48. The zero-order chi connectivity index (χ0) is 25.1. The number of halogens is 1. The van der Waals surface area contributed by atoms with Crippen LogP contribution < -0.4 is 10.1 Å². The summed E-state index contributed by atoms with van der Waals surface area (Å²) in [6.45, 7) is -0.438. The molecule has 0 fully saturated rings. The van der Waals surface area contributed by atoms with Crippen molar-refractivity contribution in [1.29, 1.82) is 0 Å². The number of benzene rings is 3. The van der Waals surface area contributed by atoms with E-state index in [0.717, 1.165) is 16.9 Å². The summed E-state index contributed by atoms with van der Waals surface area (Å²) in [5.41, 5.74) is 4.17. The molecule has 10 heteroatoms. The van der Waals surface area contributed by atoms with E-state index in [2.05, 4.69) is 20.3 Å². The summed E-state index contributed by atoms with van der Waals surface area (Å²) in [7, 11) is 1.61. The molecule has 0 bridgehead atoms. The van der Waals surface area contributed by atoms with Crippen molar-refractivity contribution in [2.24, 2.45) is 0 Å². The Hall–Kier alpha value is -4.21. The number of carbonyl (C=O) groups excluding carboxylic acids is 2. The summed E-state index contributed by atoms with van der Waals surface area (Å²) in [6, 6.07) is 19.7. The molecule has 0 aliphatic heterocycles. The normalized spacial score (nSPS) is 10.8. The second-order valence-corrected chi connectivity index (χ2v) is 9.01. The quantitative estimate of drug-likeness (QED) is 0.263. The number of aromatic amines is 1. The van der Waals surface area contributed by atoms with Gasteiger partial charge in [-0.1, -0.05) is 23.7 Å². The zero-order valence-electron chi connectivity index (χ0n) is 18.9. The minimum Gasteiger partial charge on any atom is -0.497 e. The molecule has 2 heterocycles. The summed E-state index contributed by atoms with van der Waals surface area (Å²) in [4.78, 5) is 37.0. The standard InChI is InChI=1S/C26H19ClN4O4S/c1-34-19-9-4-16(5-10-19)24-28-20-11-6-17(12-21(20)29-24)25(33)35-13-23(32)31-26-30-22(14-36-26)15-2-7-18(27)8-3-15/h2-12,14H,13H2,1H3,(H,28,29)(H,30,31,32). The third-order valence-corrected chi connectivity index (χ3v) is 6.32. The molecule has 5 rings (SSSR count). The molecule has 0 atom stereocenters. The van der Waals surface area contributed by atoms with E-state index < -0.39 is 18.5 Å². The molecule has 0 aliphatic carbocycles. The van der Waals surface area contributed by atoms with E-state index in [-0.39, 0.29) is 0 Å². The van der Waals surface area contributed by atoms with Crippen molar-refractivity contribution in [3.05, 3.63) is 82.7 Å². The molecular formula is C26H19ClN4O4S. The summed E-state index contributed by atoms with van der Waals surface area (Å²) in [5, 5.41) is 5.52. The lowest BCUT2D eigenvalue weighted by molar-refractivity contribution is -0.119. The van der Waals surface area contributed by atoms with Crippen molar-refractivity contribution in [2.45, 2.75) is 0 Å². The molecular weight excluding hydrogens is 500 g/mol. The van der Waals surface area contributed by atoms with Gasteiger partial charge in [-0.15, -0.1) is 11.3 Å². The van der Waals surface area contributed by atoms with Crippen LogP contribution in [0.5, 0.6) is 5.75 Å². The second-order valence-electron chi connectivity index (χ2n) is 7.71. The molecule has 180 valence electrons. The Morgan fingerprint density at radius 1 is 1.00 bits per heavy atom. The van der Waals surface area contributed by atoms with Gasteiger partial charge in [0.15, 0.2) is 11.7 Å². The highest BCUT2D eigenvalue weighted by Gasteiger charge is 2.14. The van der Waals surface area contributed by atoms with E-state index in [4.69, 9.17) is 21.1 Å². The van der Waals surface area contributed by atoms with Crippen molar-refractivity contribution < 1.29 is 19.1 Å². The van der Waals surface area contributed by atoms with E-state index >= 15 is 0 Å². The third kappa shape index (κ3) is 5.22. The van der Waals surface area contributed by atoms with Crippen LogP contribution >= 0.6 is 22.9 Å². The number of aromatic nitrogens is 3. The molecule has 36 heavy (non-hydrogen) atoms. The minimum absolute atomic E-state index is 0.305. The Morgan fingerprint density at radius 3 is 2.50 bits per heavy atom. The van der Waals surface area contributed by atoms with Gasteiger partial charge in [-0.05, 0) is 54.6 Å². The van der Waals surface area contributed by atoms with Gasteiger partial charge >= 0.3 is 5.97 Å². The molecule has 0 aliphatic rings. The number of imidazole rings is 1. The molecule has 0 spiro atoms. The first-order valence-corrected chi connectivity index (χ1v) is 12.1. The number of carbonyl (C=O) groups is 2. The molecule has 8 nitrogen and oxygen atoms in total. The number of methoxy groups -OCH3 is 1. The highest BCUT2D eigenvalue weighted by atomic mass is 35.5. The lowest BCUT2D eigenvalue weighted by Crippen LogP contribution is -2.20. The van der Waals surface area contributed by atoms with E-state index in [9.17, 15) is 9.59 Å². The second kappa shape index (κ2) is 10.2. The Morgan fingerprint density at radius 2 is 1.75 bits per heavy atom. The number of ether oxygens (including phenoxy) is 2. The monoisotopic (exact) mass is 518 g/mol. The summed E-state index contributed by atoms with van der Waals surface area (Å²) >= 11 is 7.19. The van der Waals surface area contributed by atoms with Crippen molar-refractivity contribution in [2.75, 3.05) is 19.0 Å². The van der Waals surface area contributed by atoms with Gasteiger partial charge in [0, 0.05) is 21.5 Å². The van der Waals surface area contributed by atoms with E-state index in [1.165, 1.54) is 11.3 Å². The number of hydrogen-bond acceptors (Lipinski definition) is 7. The Bertz CT molecular complexity index is 1540.